The minimum Gasteiger partial charge on any atom is -0.396 e. The van der Waals surface area contributed by atoms with Gasteiger partial charge in [-0.3, -0.25) is 4.79 Å². The average Bonchev–Trinajstić information content (AvgIpc) is 2.55. The van der Waals surface area contributed by atoms with Gasteiger partial charge >= 0.3 is 0 Å². The van der Waals surface area contributed by atoms with Gasteiger partial charge in [0.2, 0.25) is 0 Å². The first-order valence-electron chi connectivity index (χ1n) is 6.83. The highest BCUT2D eigenvalue weighted by atomic mass is 19.1. The van der Waals surface area contributed by atoms with Crippen molar-refractivity contribution in [2.45, 2.75) is 19.3 Å². The van der Waals surface area contributed by atoms with E-state index in [1.165, 1.54) is 12.1 Å². The monoisotopic (exact) mass is 315 g/mol. The highest BCUT2D eigenvalue weighted by Crippen LogP contribution is 2.26. The summed E-state index contributed by atoms with van der Waals surface area (Å²) in [5, 5.41) is 11.3. The normalized spacial score (nSPS) is 10.9. The molecule has 0 bridgehead atoms. The van der Waals surface area contributed by atoms with Crippen molar-refractivity contribution in [3.05, 3.63) is 59.2 Å². The number of rotatable bonds is 3. The van der Waals surface area contributed by atoms with Crippen LogP contribution < -0.4 is 11.1 Å². The van der Waals surface area contributed by atoms with Crippen LogP contribution in [-0.4, -0.2) is 5.91 Å². The van der Waals surface area contributed by atoms with E-state index in [1.807, 2.05) is 0 Å². The van der Waals surface area contributed by atoms with Gasteiger partial charge in [0.1, 0.15) is 11.5 Å². The highest BCUT2D eigenvalue weighted by molar-refractivity contribution is 6.04. The largest absolute Gasteiger partial charge is 0.396 e. The standard InChI is InChI=1S/C17H15F2N3O/c1-17(2,9-20)11-5-3-4-10(8-11)16(23)22-15-12(18)6-7-13(21)14(15)19/h3-8H,21H2,1-2H3,(H,22,23). The third-order valence-electron chi connectivity index (χ3n) is 3.49. The number of hydrogen-bond donors (Lipinski definition) is 2. The van der Waals surface area contributed by atoms with Gasteiger partial charge in [-0.05, 0) is 43.7 Å². The van der Waals surface area contributed by atoms with Crippen LogP contribution in [-0.2, 0) is 5.41 Å². The van der Waals surface area contributed by atoms with Gasteiger partial charge in [-0.1, -0.05) is 12.1 Å². The van der Waals surface area contributed by atoms with Gasteiger partial charge in [-0.25, -0.2) is 8.78 Å². The summed E-state index contributed by atoms with van der Waals surface area (Å²) in [6, 6.07) is 10.5. The van der Waals surface area contributed by atoms with Gasteiger partial charge < -0.3 is 11.1 Å². The van der Waals surface area contributed by atoms with Crippen molar-refractivity contribution in [3.8, 4) is 6.07 Å². The summed E-state index contributed by atoms with van der Waals surface area (Å²) in [5.41, 5.74) is 4.54. The second-order valence-corrected chi connectivity index (χ2v) is 5.60. The molecule has 0 radical (unpaired) electrons. The number of nitrogens with zero attached hydrogens (tertiary/aromatic N) is 1. The predicted molar refractivity (Wildman–Crippen MR) is 83.8 cm³/mol. The maximum atomic E-state index is 13.8. The van der Waals surface area contributed by atoms with Gasteiger partial charge in [0.25, 0.3) is 5.91 Å². The Balaban J connectivity index is 2.35. The Labute approximate surface area is 132 Å². The van der Waals surface area contributed by atoms with Crippen LogP contribution in [0.15, 0.2) is 36.4 Å². The maximum Gasteiger partial charge on any atom is 0.255 e. The molecule has 0 aliphatic rings. The molecule has 2 rings (SSSR count). The number of nitrogen functional groups attached to an aromatic ring is 1. The first-order valence-corrected chi connectivity index (χ1v) is 6.83. The van der Waals surface area contributed by atoms with E-state index < -0.39 is 28.6 Å². The molecule has 3 N–H and O–H groups in total. The SMILES string of the molecule is CC(C)(C#N)c1cccc(C(=O)Nc2c(F)ccc(N)c2F)c1. The minimum absolute atomic E-state index is 0.187. The summed E-state index contributed by atoms with van der Waals surface area (Å²) in [4.78, 5) is 12.2. The third-order valence-corrected chi connectivity index (χ3v) is 3.49. The molecule has 118 valence electrons. The Kier molecular flexibility index (Phi) is 4.32. The maximum absolute atomic E-state index is 13.8. The van der Waals surface area contributed by atoms with Crippen LogP contribution in [0.5, 0.6) is 0 Å². The number of amides is 1. The smallest absolute Gasteiger partial charge is 0.255 e. The predicted octanol–water partition coefficient (Wildman–Crippen LogP) is 3.60. The van der Waals surface area contributed by atoms with Crippen LogP contribution in [0.3, 0.4) is 0 Å². The molecule has 0 saturated carbocycles. The molecular formula is C17H15F2N3O. The molecule has 0 fully saturated rings. The molecule has 2 aromatic carbocycles. The number of nitrogens with two attached hydrogens (primary N) is 1. The molecule has 0 unspecified atom stereocenters. The summed E-state index contributed by atoms with van der Waals surface area (Å²) < 4.78 is 27.5. The summed E-state index contributed by atoms with van der Waals surface area (Å²) in [5.74, 6) is -2.63. The van der Waals surface area contributed by atoms with E-state index >= 15 is 0 Å². The van der Waals surface area contributed by atoms with Gasteiger partial charge in [0, 0.05) is 5.56 Å². The molecule has 0 aliphatic carbocycles. The zero-order chi connectivity index (χ0) is 17.2. The molecule has 0 saturated heterocycles. The van der Waals surface area contributed by atoms with Crippen LogP contribution in [0.25, 0.3) is 0 Å². The number of carbonyl (C=O) groups is 1. The number of nitriles is 1. The molecular weight excluding hydrogens is 300 g/mol. The van der Waals surface area contributed by atoms with Crippen molar-refractivity contribution in [1.29, 1.82) is 5.26 Å². The molecule has 1 amide bonds. The first kappa shape index (κ1) is 16.4. The Hall–Kier alpha value is -2.94. The van der Waals surface area contributed by atoms with Crippen LogP contribution in [0.4, 0.5) is 20.2 Å². The molecule has 2 aromatic rings. The molecule has 0 spiro atoms. The fourth-order valence-corrected chi connectivity index (χ4v) is 1.98. The van der Waals surface area contributed by atoms with E-state index in [9.17, 15) is 13.6 Å². The Morgan fingerprint density at radius 1 is 1.26 bits per heavy atom. The molecule has 4 nitrogen and oxygen atoms in total. The van der Waals surface area contributed by atoms with E-state index in [0.717, 1.165) is 12.1 Å². The van der Waals surface area contributed by atoms with Crippen LogP contribution in [0, 0.1) is 23.0 Å². The summed E-state index contributed by atoms with van der Waals surface area (Å²) in [6.07, 6.45) is 0. The van der Waals surface area contributed by atoms with E-state index in [0.29, 0.717) is 5.56 Å². The molecule has 0 aromatic heterocycles. The van der Waals surface area contributed by atoms with Crippen molar-refractivity contribution in [2.75, 3.05) is 11.1 Å². The van der Waals surface area contributed by atoms with Gasteiger partial charge in [-0.15, -0.1) is 0 Å². The fraction of sp³-hybridized carbons (Fsp3) is 0.176. The number of anilines is 2. The van der Waals surface area contributed by atoms with Crippen LogP contribution >= 0.6 is 0 Å². The number of hydrogen-bond acceptors (Lipinski definition) is 3. The number of nitrogens with one attached hydrogen (secondary N) is 1. The first-order chi connectivity index (χ1) is 10.8. The second kappa shape index (κ2) is 6.05. The quantitative estimate of drug-likeness (QED) is 0.849. The van der Waals surface area contributed by atoms with Crippen molar-refractivity contribution in [3.63, 3.8) is 0 Å². The molecule has 23 heavy (non-hydrogen) atoms. The Morgan fingerprint density at radius 3 is 2.61 bits per heavy atom. The highest BCUT2D eigenvalue weighted by Gasteiger charge is 2.21. The second-order valence-electron chi connectivity index (χ2n) is 5.60. The van der Waals surface area contributed by atoms with Crippen molar-refractivity contribution >= 4 is 17.3 Å². The van der Waals surface area contributed by atoms with Crippen molar-refractivity contribution < 1.29 is 13.6 Å². The number of carbonyl (C=O) groups excluding carboxylic acids is 1. The Bertz CT molecular complexity index is 810. The Morgan fingerprint density at radius 2 is 1.96 bits per heavy atom. The summed E-state index contributed by atoms with van der Waals surface area (Å²) >= 11 is 0. The van der Waals surface area contributed by atoms with E-state index in [4.69, 9.17) is 11.0 Å². The lowest BCUT2D eigenvalue weighted by Crippen LogP contribution is -2.18. The average molecular weight is 315 g/mol. The van der Waals surface area contributed by atoms with Gasteiger partial charge in [0.15, 0.2) is 5.82 Å². The lowest BCUT2D eigenvalue weighted by atomic mass is 9.85. The van der Waals surface area contributed by atoms with Crippen molar-refractivity contribution in [2.24, 2.45) is 0 Å². The van der Waals surface area contributed by atoms with Crippen molar-refractivity contribution in [1.82, 2.24) is 0 Å². The minimum atomic E-state index is -1.02. The zero-order valence-corrected chi connectivity index (χ0v) is 12.7. The van der Waals surface area contributed by atoms with E-state index in [1.54, 1.807) is 26.0 Å². The third kappa shape index (κ3) is 3.29. The lowest BCUT2D eigenvalue weighted by molar-refractivity contribution is 0.102. The van der Waals surface area contributed by atoms with Crippen LogP contribution in [0.2, 0.25) is 0 Å². The summed E-state index contributed by atoms with van der Waals surface area (Å²) in [7, 11) is 0. The zero-order valence-electron chi connectivity index (χ0n) is 12.7. The van der Waals surface area contributed by atoms with E-state index in [-0.39, 0.29) is 11.3 Å². The lowest BCUT2D eigenvalue weighted by Gasteiger charge is -2.16. The van der Waals surface area contributed by atoms with E-state index in [2.05, 4.69) is 11.4 Å². The van der Waals surface area contributed by atoms with Gasteiger partial charge in [-0.2, -0.15) is 5.26 Å². The fourth-order valence-electron chi connectivity index (χ4n) is 1.98. The topological polar surface area (TPSA) is 78.9 Å². The number of halogens is 2. The molecule has 0 heterocycles. The van der Waals surface area contributed by atoms with Gasteiger partial charge in [0.05, 0.1) is 17.2 Å². The number of benzene rings is 2. The summed E-state index contributed by atoms with van der Waals surface area (Å²) in [6.45, 7) is 3.42. The molecule has 6 heteroatoms. The van der Waals surface area contributed by atoms with Crippen LogP contribution in [0.1, 0.15) is 29.8 Å². The molecule has 0 aliphatic heterocycles. The molecule has 0 atom stereocenters.